The van der Waals surface area contributed by atoms with E-state index in [1.165, 1.54) is 7.05 Å². The quantitative estimate of drug-likeness (QED) is 0.420. The van der Waals surface area contributed by atoms with Gasteiger partial charge in [-0.3, -0.25) is 14.6 Å². The lowest BCUT2D eigenvalue weighted by Gasteiger charge is -2.13. The summed E-state index contributed by atoms with van der Waals surface area (Å²) in [5.74, 6) is -0.825. The minimum absolute atomic E-state index is 0.243. The summed E-state index contributed by atoms with van der Waals surface area (Å²) < 4.78 is 36.3. The van der Waals surface area contributed by atoms with Crippen molar-refractivity contribution in [2.24, 2.45) is 10.7 Å². The van der Waals surface area contributed by atoms with Crippen molar-refractivity contribution in [3.8, 4) is 0 Å². The van der Waals surface area contributed by atoms with Crippen LogP contribution in [-0.2, 0) is 11.3 Å². The van der Waals surface area contributed by atoms with Crippen LogP contribution in [0, 0.1) is 0 Å². The van der Waals surface area contributed by atoms with E-state index in [9.17, 15) is 22.8 Å². The molecule has 10 heteroatoms. The summed E-state index contributed by atoms with van der Waals surface area (Å²) in [6, 6.07) is 6.48. The van der Waals surface area contributed by atoms with E-state index in [2.05, 4.69) is 20.9 Å². The van der Waals surface area contributed by atoms with E-state index in [4.69, 9.17) is 5.73 Å². The number of carbonyl (C=O) groups is 2. The fraction of sp³-hybridized carbons (Fsp3) is 0.400. The Labute approximate surface area is 142 Å². The predicted molar refractivity (Wildman–Crippen MR) is 86.8 cm³/mol. The molecule has 0 saturated heterocycles. The van der Waals surface area contributed by atoms with Crippen LogP contribution in [-0.4, -0.2) is 44.1 Å². The Morgan fingerprint density at radius 3 is 2.28 bits per heavy atom. The summed E-state index contributed by atoms with van der Waals surface area (Å²) in [6.45, 7) is -0.209. The highest BCUT2D eigenvalue weighted by molar-refractivity contribution is 5.96. The minimum atomic E-state index is -4.23. The van der Waals surface area contributed by atoms with Crippen molar-refractivity contribution in [1.29, 1.82) is 0 Å². The Kier molecular flexibility index (Phi) is 7.70. The highest BCUT2D eigenvalue weighted by atomic mass is 19.4. The van der Waals surface area contributed by atoms with Crippen LogP contribution in [0.15, 0.2) is 29.3 Å². The molecule has 1 aromatic carbocycles. The Morgan fingerprint density at radius 2 is 1.76 bits per heavy atom. The Bertz CT molecular complexity index is 615. The first-order valence-corrected chi connectivity index (χ1v) is 7.38. The number of rotatable bonds is 7. The lowest BCUT2D eigenvalue weighted by Crippen LogP contribution is -2.38. The summed E-state index contributed by atoms with van der Waals surface area (Å²) in [6.07, 6.45) is -5.18. The van der Waals surface area contributed by atoms with E-state index in [0.717, 1.165) is 5.56 Å². The predicted octanol–water partition coefficient (Wildman–Crippen LogP) is 0.519. The molecule has 0 radical (unpaired) electrons. The van der Waals surface area contributed by atoms with Gasteiger partial charge in [0.15, 0.2) is 5.96 Å². The van der Waals surface area contributed by atoms with Gasteiger partial charge >= 0.3 is 6.18 Å². The average molecular weight is 359 g/mol. The molecule has 0 aliphatic carbocycles. The zero-order valence-corrected chi connectivity index (χ0v) is 13.6. The van der Waals surface area contributed by atoms with Gasteiger partial charge in [-0.15, -0.1) is 0 Å². The molecule has 5 N–H and O–H groups in total. The van der Waals surface area contributed by atoms with Crippen LogP contribution in [0.4, 0.5) is 13.2 Å². The second kappa shape index (κ2) is 9.50. The van der Waals surface area contributed by atoms with E-state index < -0.39 is 24.4 Å². The van der Waals surface area contributed by atoms with Gasteiger partial charge in [-0.2, -0.15) is 13.2 Å². The molecule has 0 unspecified atom stereocenters. The van der Waals surface area contributed by atoms with Gasteiger partial charge in [0.25, 0.3) is 5.91 Å². The van der Waals surface area contributed by atoms with E-state index in [0.29, 0.717) is 12.1 Å². The van der Waals surface area contributed by atoms with Crippen molar-refractivity contribution in [2.45, 2.75) is 19.1 Å². The van der Waals surface area contributed by atoms with Gasteiger partial charge in [-0.1, -0.05) is 12.1 Å². The minimum Gasteiger partial charge on any atom is -0.368 e. The first-order chi connectivity index (χ1) is 11.7. The fourth-order valence-corrected chi connectivity index (χ4v) is 1.77. The molecular formula is C15H20F3N5O2. The second-order valence-electron chi connectivity index (χ2n) is 5.06. The molecule has 0 fully saturated rings. The topological polar surface area (TPSA) is 109 Å². The van der Waals surface area contributed by atoms with Crippen molar-refractivity contribution in [2.75, 3.05) is 20.1 Å². The summed E-state index contributed by atoms with van der Waals surface area (Å²) in [5, 5.41) is 7.80. The number of nitrogens with two attached hydrogens (primary N) is 1. The van der Waals surface area contributed by atoms with Crippen LogP contribution in [0.5, 0.6) is 0 Å². The van der Waals surface area contributed by atoms with E-state index in [-0.39, 0.29) is 19.0 Å². The molecule has 2 amide bonds. The number of nitrogens with zero attached hydrogens (tertiary/aromatic N) is 1. The molecule has 0 heterocycles. The molecular weight excluding hydrogens is 339 g/mol. The van der Waals surface area contributed by atoms with Crippen molar-refractivity contribution < 1.29 is 22.8 Å². The zero-order valence-electron chi connectivity index (χ0n) is 13.6. The molecule has 0 saturated carbocycles. The first-order valence-electron chi connectivity index (χ1n) is 7.38. The number of carbonyl (C=O) groups excluding carboxylic acids is 2. The van der Waals surface area contributed by atoms with Gasteiger partial charge in [-0.05, 0) is 17.7 Å². The fourth-order valence-electron chi connectivity index (χ4n) is 1.77. The van der Waals surface area contributed by atoms with Crippen molar-refractivity contribution in [3.63, 3.8) is 0 Å². The van der Waals surface area contributed by atoms with Crippen molar-refractivity contribution >= 4 is 17.8 Å². The standard InChI is InChI=1S/C15H20F3N5O2/c1-20-14(21-7-6-15(16,17)18)23-8-10-2-4-11(5-3-10)13(25)22-9-12(19)24/h2-5H,6-9H2,1H3,(H2,19,24)(H,22,25)(H2,20,21,23). The van der Waals surface area contributed by atoms with Crippen LogP contribution in [0.3, 0.4) is 0 Å². The molecule has 1 rings (SSSR count). The average Bonchev–Trinajstić information content (AvgIpc) is 2.55. The maximum absolute atomic E-state index is 12.1. The monoisotopic (exact) mass is 359 g/mol. The number of amides is 2. The zero-order chi connectivity index (χ0) is 18.9. The molecule has 0 bridgehead atoms. The molecule has 0 aliphatic heterocycles. The lowest BCUT2D eigenvalue weighted by atomic mass is 10.1. The summed E-state index contributed by atoms with van der Waals surface area (Å²) in [4.78, 5) is 26.2. The van der Waals surface area contributed by atoms with Crippen molar-refractivity contribution in [3.05, 3.63) is 35.4 Å². The van der Waals surface area contributed by atoms with Crippen LogP contribution < -0.4 is 21.7 Å². The molecule has 1 aromatic rings. The van der Waals surface area contributed by atoms with Gasteiger partial charge < -0.3 is 21.7 Å². The lowest BCUT2D eigenvalue weighted by molar-refractivity contribution is -0.132. The van der Waals surface area contributed by atoms with Gasteiger partial charge in [0.1, 0.15) is 0 Å². The maximum atomic E-state index is 12.1. The number of alkyl halides is 3. The second-order valence-corrected chi connectivity index (χ2v) is 5.06. The largest absolute Gasteiger partial charge is 0.390 e. The van der Waals surface area contributed by atoms with Gasteiger partial charge in [0, 0.05) is 25.7 Å². The number of primary amides is 1. The van der Waals surface area contributed by atoms with Crippen LogP contribution in [0.25, 0.3) is 0 Å². The van der Waals surface area contributed by atoms with Gasteiger partial charge in [0.05, 0.1) is 13.0 Å². The number of halogens is 3. The van der Waals surface area contributed by atoms with Gasteiger partial charge in [-0.25, -0.2) is 0 Å². The van der Waals surface area contributed by atoms with Crippen molar-refractivity contribution in [1.82, 2.24) is 16.0 Å². The summed E-state index contributed by atoms with van der Waals surface area (Å²) in [5.41, 5.74) is 6.10. The highest BCUT2D eigenvalue weighted by Crippen LogP contribution is 2.18. The maximum Gasteiger partial charge on any atom is 0.390 e. The van der Waals surface area contributed by atoms with Crippen LogP contribution in [0.2, 0.25) is 0 Å². The van der Waals surface area contributed by atoms with Crippen LogP contribution >= 0.6 is 0 Å². The van der Waals surface area contributed by atoms with Gasteiger partial charge in [0.2, 0.25) is 5.91 Å². The Balaban J connectivity index is 2.46. The number of hydrogen-bond acceptors (Lipinski definition) is 3. The third-order valence-corrected chi connectivity index (χ3v) is 3.02. The van der Waals surface area contributed by atoms with E-state index >= 15 is 0 Å². The van der Waals surface area contributed by atoms with E-state index in [1.807, 2.05) is 0 Å². The number of hydrogen-bond donors (Lipinski definition) is 4. The highest BCUT2D eigenvalue weighted by Gasteiger charge is 2.26. The normalized spacial score (nSPS) is 11.8. The first kappa shape index (κ1) is 20.3. The number of nitrogens with one attached hydrogen (secondary N) is 3. The summed E-state index contributed by atoms with van der Waals surface area (Å²) >= 11 is 0. The molecule has 0 spiro atoms. The smallest absolute Gasteiger partial charge is 0.368 e. The molecule has 138 valence electrons. The number of guanidine groups is 1. The molecule has 25 heavy (non-hydrogen) atoms. The number of benzene rings is 1. The molecule has 0 aliphatic rings. The molecule has 7 nitrogen and oxygen atoms in total. The third kappa shape index (κ3) is 8.58. The van der Waals surface area contributed by atoms with Crippen LogP contribution in [0.1, 0.15) is 22.3 Å². The summed E-state index contributed by atoms with van der Waals surface area (Å²) in [7, 11) is 1.45. The molecule has 0 atom stereocenters. The van der Waals surface area contributed by atoms with E-state index in [1.54, 1.807) is 24.3 Å². The number of aliphatic imine (C=N–C) groups is 1. The Hall–Kier alpha value is -2.78. The Morgan fingerprint density at radius 1 is 1.12 bits per heavy atom. The SMILES string of the molecule is CN=C(NCCC(F)(F)F)NCc1ccc(C(=O)NCC(N)=O)cc1. The third-order valence-electron chi connectivity index (χ3n) is 3.02. The molecule has 0 aromatic heterocycles.